The Kier molecular flexibility index (Phi) is 5.21. The Morgan fingerprint density at radius 2 is 1.78 bits per heavy atom. The number of hydrogen-bond acceptors (Lipinski definition) is 2. The van der Waals surface area contributed by atoms with Gasteiger partial charge in [0.25, 0.3) is 0 Å². The lowest BCUT2D eigenvalue weighted by Crippen LogP contribution is -2.30. The first kappa shape index (κ1) is 13.6. The van der Waals surface area contributed by atoms with E-state index >= 15 is 0 Å². The van der Waals surface area contributed by atoms with E-state index in [0.29, 0.717) is 12.7 Å². The van der Waals surface area contributed by atoms with E-state index in [2.05, 4.69) is 38.1 Å². The van der Waals surface area contributed by atoms with Gasteiger partial charge in [0.2, 0.25) is 0 Å². The van der Waals surface area contributed by atoms with Crippen LogP contribution in [0.25, 0.3) is 0 Å². The van der Waals surface area contributed by atoms with Crippen LogP contribution in [0.1, 0.15) is 50.3 Å². The zero-order valence-corrected chi connectivity index (χ0v) is 11.5. The molecule has 100 valence electrons. The highest BCUT2D eigenvalue weighted by atomic mass is 16.6. The summed E-state index contributed by atoms with van der Waals surface area (Å²) >= 11 is 0. The molecule has 1 saturated heterocycles. The fourth-order valence-electron chi connectivity index (χ4n) is 2.41. The van der Waals surface area contributed by atoms with Gasteiger partial charge in [-0.05, 0) is 24.0 Å². The fourth-order valence-corrected chi connectivity index (χ4v) is 2.41. The summed E-state index contributed by atoms with van der Waals surface area (Å²) in [6.07, 6.45) is 5.02. The van der Waals surface area contributed by atoms with Gasteiger partial charge in [0.15, 0.2) is 0 Å². The van der Waals surface area contributed by atoms with Crippen molar-refractivity contribution in [2.24, 2.45) is 0 Å². The standard InChI is InChI=1S/C16H24O2/c1-3-5-13-7-9-14(10-8-13)16-12-17-15(6-4-2)11-18-16/h7-10,15-16H,3-6,11-12H2,1-2H3/t15-,16-/m1/s1. The van der Waals surface area contributed by atoms with Crippen LogP contribution in [0.3, 0.4) is 0 Å². The van der Waals surface area contributed by atoms with Crippen molar-refractivity contribution >= 4 is 0 Å². The second kappa shape index (κ2) is 6.91. The molecule has 1 aliphatic rings. The Morgan fingerprint density at radius 3 is 2.33 bits per heavy atom. The number of ether oxygens (including phenoxy) is 2. The van der Waals surface area contributed by atoms with Crippen molar-refractivity contribution in [2.45, 2.75) is 51.7 Å². The van der Waals surface area contributed by atoms with E-state index < -0.39 is 0 Å². The van der Waals surface area contributed by atoms with Gasteiger partial charge in [-0.3, -0.25) is 0 Å². The average Bonchev–Trinajstić information content (AvgIpc) is 2.41. The van der Waals surface area contributed by atoms with Crippen molar-refractivity contribution in [1.82, 2.24) is 0 Å². The number of aryl methyl sites for hydroxylation is 1. The first-order valence-corrected chi connectivity index (χ1v) is 7.15. The minimum atomic E-state index is 0.119. The molecule has 2 atom stereocenters. The Hall–Kier alpha value is -0.860. The van der Waals surface area contributed by atoms with Crippen LogP contribution < -0.4 is 0 Å². The van der Waals surface area contributed by atoms with E-state index in [1.54, 1.807) is 0 Å². The molecule has 0 unspecified atom stereocenters. The Balaban J connectivity index is 1.89. The summed E-state index contributed by atoms with van der Waals surface area (Å²) < 4.78 is 11.7. The highest BCUT2D eigenvalue weighted by molar-refractivity contribution is 5.24. The van der Waals surface area contributed by atoms with Crippen molar-refractivity contribution in [3.63, 3.8) is 0 Å². The summed E-state index contributed by atoms with van der Waals surface area (Å²) in [5.74, 6) is 0. The zero-order chi connectivity index (χ0) is 12.8. The molecule has 0 aliphatic carbocycles. The molecule has 18 heavy (non-hydrogen) atoms. The summed E-state index contributed by atoms with van der Waals surface area (Å²) in [6, 6.07) is 8.78. The molecule has 0 aromatic heterocycles. The lowest BCUT2D eigenvalue weighted by Gasteiger charge is -2.29. The first-order chi connectivity index (χ1) is 8.83. The minimum Gasteiger partial charge on any atom is -0.373 e. The molecule has 0 radical (unpaired) electrons. The minimum absolute atomic E-state index is 0.119. The van der Waals surface area contributed by atoms with Gasteiger partial charge in [-0.1, -0.05) is 51.0 Å². The normalized spacial score (nSPS) is 24.1. The molecule has 2 rings (SSSR count). The highest BCUT2D eigenvalue weighted by Gasteiger charge is 2.22. The monoisotopic (exact) mass is 248 g/mol. The van der Waals surface area contributed by atoms with Gasteiger partial charge in [-0.25, -0.2) is 0 Å². The van der Waals surface area contributed by atoms with Crippen molar-refractivity contribution in [1.29, 1.82) is 0 Å². The van der Waals surface area contributed by atoms with Gasteiger partial charge >= 0.3 is 0 Å². The molecule has 2 nitrogen and oxygen atoms in total. The van der Waals surface area contributed by atoms with Crippen molar-refractivity contribution in [2.75, 3.05) is 13.2 Å². The molecule has 0 N–H and O–H groups in total. The predicted molar refractivity (Wildman–Crippen MR) is 73.8 cm³/mol. The Bertz CT molecular complexity index is 337. The van der Waals surface area contributed by atoms with Crippen molar-refractivity contribution in [3.8, 4) is 0 Å². The smallest absolute Gasteiger partial charge is 0.106 e. The van der Waals surface area contributed by atoms with E-state index in [1.165, 1.54) is 17.5 Å². The predicted octanol–water partition coefficient (Wildman–Crippen LogP) is 3.90. The second-order valence-electron chi connectivity index (χ2n) is 5.06. The maximum Gasteiger partial charge on any atom is 0.106 e. The van der Waals surface area contributed by atoms with Gasteiger partial charge in [-0.15, -0.1) is 0 Å². The summed E-state index contributed by atoms with van der Waals surface area (Å²) in [5, 5.41) is 0. The van der Waals surface area contributed by atoms with E-state index in [1.807, 2.05) is 0 Å². The van der Waals surface area contributed by atoms with Gasteiger partial charge in [0.05, 0.1) is 19.3 Å². The maximum absolute atomic E-state index is 5.90. The SMILES string of the molecule is CCCc1ccc([C@H]2CO[C@H](CCC)CO2)cc1. The van der Waals surface area contributed by atoms with Crippen molar-refractivity contribution < 1.29 is 9.47 Å². The van der Waals surface area contributed by atoms with Gasteiger partial charge in [0, 0.05) is 0 Å². The van der Waals surface area contributed by atoms with Crippen LogP contribution in [0.4, 0.5) is 0 Å². The lowest BCUT2D eigenvalue weighted by molar-refractivity contribution is -0.137. The van der Waals surface area contributed by atoms with Crippen LogP contribution >= 0.6 is 0 Å². The Morgan fingerprint density at radius 1 is 1.00 bits per heavy atom. The molecule has 0 amide bonds. The van der Waals surface area contributed by atoms with Crippen molar-refractivity contribution in [3.05, 3.63) is 35.4 Å². The van der Waals surface area contributed by atoms with Crippen LogP contribution in [-0.2, 0) is 15.9 Å². The molecule has 0 spiro atoms. The van der Waals surface area contributed by atoms with E-state index in [9.17, 15) is 0 Å². The molecule has 1 aliphatic heterocycles. The largest absolute Gasteiger partial charge is 0.373 e. The summed E-state index contributed by atoms with van der Waals surface area (Å²) in [7, 11) is 0. The molecular weight excluding hydrogens is 224 g/mol. The maximum atomic E-state index is 5.90. The molecule has 0 saturated carbocycles. The van der Waals surface area contributed by atoms with E-state index in [4.69, 9.17) is 9.47 Å². The average molecular weight is 248 g/mol. The Labute approximate surface area is 110 Å². The van der Waals surface area contributed by atoms with Crippen LogP contribution in [0, 0.1) is 0 Å². The summed E-state index contributed by atoms with van der Waals surface area (Å²) in [5.41, 5.74) is 2.65. The number of hydrogen-bond donors (Lipinski definition) is 0. The topological polar surface area (TPSA) is 18.5 Å². The van der Waals surface area contributed by atoms with Gasteiger partial charge < -0.3 is 9.47 Å². The zero-order valence-electron chi connectivity index (χ0n) is 11.5. The molecule has 1 heterocycles. The third-order valence-electron chi connectivity index (χ3n) is 3.47. The second-order valence-corrected chi connectivity index (χ2v) is 5.06. The number of rotatable bonds is 5. The molecule has 1 fully saturated rings. The highest BCUT2D eigenvalue weighted by Crippen LogP contribution is 2.24. The third-order valence-corrected chi connectivity index (χ3v) is 3.47. The van der Waals surface area contributed by atoms with E-state index in [-0.39, 0.29) is 6.10 Å². The summed E-state index contributed by atoms with van der Waals surface area (Å²) in [6.45, 7) is 5.81. The van der Waals surface area contributed by atoms with Crippen LogP contribution in [-0.4, -0.2) is 19.3 Å². The summed E-state index contributed by atoms with van der Waals surface area (Å²) in [4.78, 5) is 0. The third kappa shape index (κ3) is 3.56. The van der Waals surface area contributed by atoms with Gasteiger partial charge in [0.1, 0.15) is 6.10 Å². The first-order valence-electron chi connectivity index (χ1n) is 7.15. The van der Waals surface area contributed by atoms with Crippen LogP contribution in [0.2, 0.25) is 0 Å². The molecule has 2 heteroatoms. The van der Waals surface area contributed by atoms with Crippen LogP contribution in [0.5, 0.6) is 0 Å². The number of benzene rings is 1. The molecule has 0 bridgehead atoms. The fraction of sp³-hybridized carbons (Fsp3) is 0.625. The van der Waals surface area contributed by atoms with Crippen LogP contribution in [0.15, 0.2) is 24.3 Å². The molecule has 1 aromatic rings. The molecular formula is C16H24O2. The molecule has 1 aromatic carbocycles. The lowest BCUT2D eigenvalue weighted by atomic mass is 10.0. The van der Waals surface area contributed by atoms with E-state index in [0.717, 1.165) is 25.9 Å². The van der Waals surface area contributed by atoms with Gasteiger partial charge in [-0.2, -0.15) is 0 Å². The quantitative estimate of drug-likeness (QED) is 0.787.